The zero-order valence-electron chi connectivity index (χ0n) is 14.8. The molecule has 2 atom stereocenters. The minimum Gasteiger partial charge on any atom is -0.497 e. The number of nitrogens with one attached hydrogen (secondary N) is 2. The third-order valence-electron chi connectivity index (χ3n) is 5.27. The zero-order valence-corrected chi connectivity index (χ0v) is 15.6. The van der Waals surface area contributed by atoms with Crippen LogP contribution in [0.5, 0.6) is 5.75 Å². The molecule has 3 rings (SSSR count). The summed E-state index contributed by atoms with van der Waals surface area (Å²) in [5.74, 6) is 0.838. The maximum atomic E-state index is 5.53. The lowest BCUT2D eigenvalue weighted by atomic mass is 9.81. The minimum absolute atomic E-state index is 0.485. The van der Waals surface area contributed by atoms with E-state index in [2.05, 4.69) is 22.5 Å². The first-order valence-electron chi connectivity index (χ1n) is 9.17. The largest absolute Gasteiger partial charge is 0.497 e. The van der Waals surface area contributed by atoms with Gasteiger partial charge in [0.15, 0.2) is 5.11 Å². The van der Waals surface area contributed by atoms with E-state index >= 15 is 0 Å². The predicted molar refractivity (Wildman–Crippen MR) is 104 cm³/mol. The molecule has 132 valence electrons. The molecule has 2 aliphatic rings. The highest BCUT2D eigenvalue weighted by Crippen LogP contribution is 2.34. The summed E-state index contributed by atoms with van der Waals surface area (Å²) in [6.45, 7) is 3.53. The molecule has 2 saturated heterocycles. The van der Waals surface area contributed by atoms with Crippen molar-refractivity contribution in [3.05, 3.63) is 24.3 Å². The molecule has 0 aliphatic carbocycles. The van der Waals surface area contributed by atoms with Gasteiger partial charge in [0.25, 0.3) is 0 Å². The molecule has 5 heteroatoms. The lowest BCUT2D eigenvalue weighted by Gasteiger charge is -2.49. The SMILES string of the molecule is CCCN1C2CCCC1CC(NC(=S)Nc1cccc(OC)c1)C2. The smallest absolute Gasteiger partial charge is 0.170 e. The number of anilines is 1. The number of ether oxygens (including phenoxy) is 1. The Balaban J connectivity index is 1.55. The Morgan fingerprint density at radius 1 is 1.29 bits per heavy atom. The molecule has 0 aromatic heterocycles. The molecule has 24 heavy (non-hydrogen) atoms. The maximum Gasteiger partial charge on any atom is 0.170 e. The van der Waals surface area contributed by atoms with Crippen LogP contribution in [0.2, 0.25) is 0 Å². The van der Waals surface area contributed by atoms with Gasteiger partial charge in [0, 0.05) is 29.9 Å². The molecule has 4 nitrogen and oxygen atoms in total. The minimum atomic E-state index is 0.485. The number of hydrogen-bond donors (Lipinski definition) is 2. The number of fused-ring (bicyclic) bond motifs is 2. The highest BCUT2D eigenvalue weighted by molar-refractivity contribution is 7.80. The van der Waals surface area contributed by atoms with Crippen LogP contribution in [0.3, 0.4) is 0 Å². The Labute approximate surface area is 150 Å². The van der Waals surface area contributed by atoms with Crippen LogP contribution in [-0.2, 0) is 0 Å². The van der Waals surface area contributed by atoms with Gasteiger partial charge in [-0.1, -0.05) is 19.4 Å². The first-order chi connectivity index (χ1) is 11.7. The summed E-state index contributed by atoms with van der Waals surface area (Å²) in [4.78, 5) is 2.75. The van der Waals surface area contributed by atoms with Gasteiger partial charge in [0.1, 0.15) is 5.75 Å². The van der Waals surface area contributed by atoms with Crippen molar-refractivity contribution in [2.45, 2.75) is 63.6 Å². The van der Waals surface area contributed by atoms with Gasteiger partial charge in [-0.2, -0.15) is 0 Å². The van der Waals surface area contributed by atoms with Crippen LogP contribution in [0.15, 0.2) is 24.3 Å². The van der Waals surface area contributed by atoms with Crippen LogP contribution in [0.1, 0.15) is 45.4 Å². The van der Waals surface area contributed by atoms with Gasteiger partial charge in [-0.3, -0.25) is 4.90 Å². The van der Waals surface area contributed by atoms with E-state index in [9.17, 15) is 0 Å². The fraction of sp³-hybridized carbons (Fsp3) is 0.632. The zero-order chi connectivity index (χ0) is 16.9. The van der Waals surface area contributed by atoms with Crippen molar-refractivity contribution >= 4 is 23.0 Å². The summed E-state index contributed by atoms with van der Waals surface area (Å²) in [7, 11) is 1.68. The van der Waals surface area contributed by atoms with Crippen LogP contribution >= 0.6 is 12.2 Å². The van der Waals surface area contributed by atoms with Crippen LogP contribution in [0.25, 0.3) is 0 Å². The third-order valence-corrected chi connectivity index (χ3v) is 5.49. The molecular weight excluding hydrogens is 318 g/mol. The second-order valence-electron chi connectivity index (χ2n) is 6.98. The molecule has 2 aliphatic heterocycles. The van der Waals surface area contributed by atoms with Gasteiger partial charge in [0.2, 0.25) is 0 Å². The Morgan fingerprint density at radius 3 is 2.71 bits per heavy atom. The lowest BCUT2D eigenvalue weighted by Crippen LogP contribution is -2.57. The monoisotopic (exact) mass is 347 g/mol. The molecular formula is C19H29N3OS. The number of nitrogens with zero attached hydrogens (tertiary/aromatic N) is 1. The standard InChI is InChI=1S/C19H29N3OS/c1-3-10-22-16-7-5-8-17(22)12-15(11-16)21-19(24)20-14-6-4-9-18(13-14)23-2/h4,6,9,13,15-17H,3,5,7-8,10-12H2,1-2H3,(H2,20,21,24). The van der Waals surface area contributed by atoms with Gasteiger partial charge in [-0.15, -0.1) is 0 Å². The van der Waals surface area contributed by atoms with Gasteiger partial charge in [-0.25, -0.2) is 0 Å². The third kappa shape index (κ3) is 4.19. The summed E-state index contributed by atoms with van der Waals surface area (Å²) in [5.41, 5.74) is 0.968. The van der Waals surface area contributed by atoms with Crippen LogP contribution < -0.4 is 15.4 Å². The van der Waals surface area contributed by atoms with Crippen LogP contribution in [-0.4, -0.2) is 41.8 Å². The second kappa shape index (κ2) is 8.17. The van der Waals surface area contributed by atoms with E-state index in [1.54, 1.807) is 7.11 Å². The van der Waals surface area contributed by atoms with Crippen LogP contribution in [0.4, 0.5) is 5.69 Å². The summed E-state index contributed by atoms with van der Waals surface area (Å²) in [6, 6.07) is 9.83. The molecule has 2 unspecified atom stereocenters. The summed E-state index contributed by atoms with van der Waals surface area (Å²) < 4.78 is 5.26. The Kier molecular flexibility index (Phi) is 5.95. The maximum absolute atomic E-state index is 5.53. The molecule has 0 amide bonds. The van der Waals surface area contributed by atoms with Gasteiger partial charge < -0.3 is 15.4 Å². The van der Waals surface area contributed by atoms with Crippen molar-refractivity contribution in [1.29, 1.82) is 0 Å². The average Bonchev–Trinajstić information content (AvgIpc) is 2.56. The summed E-state index contributed by atoms with van der Waals surface area (Å²) in [5, 5.41) is 7.56. The van der Waals surface area contributed by atoms with Crippen LogP contribution in [0, 0.1) is 0 Å². The molecule has 2 N–H and O–H groups in total. The summed E-state index contributed by atoms with van der Waals surface area (Å²) >= 11 is 5.53. The molecule has 0 radical (unpaired) electrons. The number of rotatable bonds is 5. The molecule has 2 heterocycles. The summed E-state index contributed by atoms with van der Waals surface area (Å²) in [6.07, 6.45) is 7.72. The van der Waals surface area contributed by atoms with Gasteiger partial charge in [0.05, 0.1) is 7.11 Å². The van der Waals surface area contributed by atoms with Crippen molar-refractivity contribution in [2.24, 2.45) is 0 Å². The van der Waals surface area contributed by atoms with E-state index in [-0.39, 0.29) is 0 Å². The van der Waals surface area contributed by atoms with E-state index in [1.165, 1.54) is 45.1 Å². The molecule has 1 aromatic carbocycles. The topological polar surface area (TPSA) is 36.5 Å². The van der Waals surface area contributed by atoms with Gasteiger partial charge in [-0.05, 0) is 63.0 Å². The van der Waals surface area contributed by atoms with Crippen molar-refractivity contribution < 1.29 is 4.74 Å². The van der Waals surface area contributed by atoms with Gasteiger partial charge >= 0.3 is 0 Å². The second-order valence-corrected chi connectivity index (χ2v) is 7.38. The number of piperidine rings is 2. The van der Waals surface area contributed by atoms with E-state index < -0.39 is 0 Å². The fourth-order valence-electron chi connectivity index (χ4n) is 4.27. The lowest BCUT2D eigenvalue weighted by molar-refractivity contribution is 0.0284. The predicted octanol–water partition coefficient (Wildman–Crippen LogP) is 3.78. The quantitative estimate of drug-likeness (QED) is 0.793. The molecule has 0 saturated carbocycles. The van der Waals surface area contributed by atoms with Crippen molar-refractivity contribution in [3.8, 4) is 5.75 Å². The number of benzene rings is 1. The van der Waals surface area contributed by atoms with E-state index in [4.69, 9.17) is 17.0 Å². The Bertz CT molecular complexity index is 551. The first kappa shape index (κ1) is 17.5. The molecule has 2 fully saturated rings. The highest BCUT2D eigenvalue weighted by atomic mass is 32.1. The number of methoxy groups -OCH3 is 1. The first-order valence-corrected chi connectivity index (χ1v) is 9.57. The molecule has 1 aromatic rings. The fourth-order valence-corrected chi connectivity index (χ4v) is 4.56. The molecule has 2 bridgehead atoms. The van der Waals surface area contributed by atoms with Crippen molar-refractivity contribution in [3.63, 3.8) is 0 Å². The van der Waals surface area contributed by atoms with E-state index in [1.807, 2.05) is 24.3 Å². The molecule has 0 spiro atoms. The Hall–Kier alpha value is -1.33. The van der Waals surface area contributed by atoms with Crippen molar-refractivity contribution in [2.75, 3.05) is 19.0 Å². The van der Waals surface area contributed by atoms with E-state index in [0.29, 0.717) is 6.04 Å². The number of hydrogen-bond acceptors (Lipinski definition) is 3. The number of thiocarbonyl (C=S) groups is 1. The normalized spacial score (nSPS) is 26.7. The highest BCUT2D eigenvalue weighted by Gasteiger charge is 2.37. The van der Waals surface area contributed by atoms with E-state index in [0.717, 1.165) is 28.6 Å². The average molecular weight is 348 g/mol. The van der Waals surface area contributed by atoms with Crippen molar-refractivity contribution in [1.82, 2.24) is 10.2 Å². The Morgan fingerprint density at radius 2 is 2.04 bits per heavy atom.